The zero-order valence-electron chi connectivity index (χ0n) is 32.9. The maximum Gasteiger partial charge on any atom is 0.416 e. The fraction of sp³-hybridized carbons (Fsp3) is 0.125. The minimum atomic E-state index is -4.59. The van der Waals surface area contributed by atoms with Gasteiger partial charge in [-0.2, -0.15) is 18.4 Å². The number of nitrogens with one attached hydrogen (secondary N) is 1. The Morgan fingerprint density at radius 2 is 1.47 bits per heavy atom. The van der Waals surface area contributed by atoms with Gasteiger partial charge >= 0.3 is 6.18 Å². The van der Waals surface area contributed by atoms with E-state index in [1.807, 2.05) is 110 Å². The Labute approximate surface area is 341 Å². The van der Waals surface area contributed by atoms with Crippen LogP contribution in [0.15, 0.2) is 119 Å². The summed E-state index contributed by atoms with van der Waals surface area (Å²) in [4.78, 5) is 22.7. The third-order valence-corrected chi connectivity index (χ3v) is 11.0. The first-order chi connectivity index (χ1) is 28.9. The first-order valence-corrected chi connectivity index (χ1v) is 19.4. The van der Waals surface area contributed by atoms with Gasteiger partial charge in [0, 0.05) is 32.5 Å². The number of fused-ring (bicyclic) bond motifs is 6. The number of hydrogen-bond donors (Lipinski definition) is 1. The topological polar surface area (TPSA) is 109 Å². The molecule has 60 heavy (non-hydrogen) atoms. The molecule has 0 fully saturated rings. The van der Waals surface area contributed by atoms with Crippen molar-refractivity contribution in [1.82, 2.24) is 29.4 Å². The first-order valence-electron chi connectivity index (χ1n) is 19.4. The van der Waals surface area contributed by atoms with Gasteiger partial charge in [-0.05, 0) is 93.8 Å². The van der Waals surface area contributed by atoms with E-state index in [4.69, 9.17) is 0 Å². The van der Waals surface area contributed by atoms with Gasteiger partial charge in [-0.15, -0.1) is 0 Å². The van der Waals surface area contributed by atoms with Crippen molar-refractivity contribution in [3.8, 4) is 40.0 Å². The zero-order chi connectivity index (χ0) is 41.4. The molecule has 0 atom stereocenters. The quantitative estimate of drug-likeness (QED) is 0.191. The summed E-state index contributed by atoms with van der Waals surface area (Å²) in [6.07, 6.45) is 2.17. The van der Waals surface area contributed by atoms with E-state index in [1.54, 1.807) is 12.1 Å². The maximum atomic E-state index is 14.5. The van der Waals surface area contributed by atoms with Gasteiger partial charge < -0.3 is 14.5 Å². The summed E-state index contributed by atoms with van der Waals surface area (Å²) in [5.74, 6) is 3.65. The van der Waals surface area contributed by atoms with E-state index in [2.05, 4.69) is 48.5 Å². The number of rotatable bonds is 4. The lowest BCUT2D eigenvalue weighted by molar-refractivity contribution is -0.137. The molecule has 0 saturated carbocycles. The second-order valence-corrected chi connectivity index (χ2v) is 15.0. The number of hydrogen-bond acceptors (Lipinski definition) is 7. The predicted octanol–water partition coefficient (Wildman–Crippen LogP) is 9.15. The normalized spacial score (nSPS) is 14.8. The fourth-order valence-electron chi connectivity index (χ4n) is 8.55. The molecule has 8 aromatic rings. The largest absolute Gasteiger partial charge is 0.416 e. The van der Waals surface area contributed by atoms with Crippen LogP contribution in [0.2, 0.25) is 0 Å². The van der Waals surface area contributed by atoms with Crippen LogP contribution in [0.1, 0.15) is 42.2 Å². The summed E-state index contributed by atoms with van der Waals surface area (Å²) in [5, 5.41) is 18.9. The van der Waals surface area contributed by atoms with E-state index >= 15 is 0 Å². The molecule has 1 N–H and O–H groups in total. The number of benzene rings is 5. The molecule has 10 rings (SSSR count). The van der Waals surface area contributed by atoms with E-state index < -0.39 is 11.7 Å². The first kappa shape index (κ1) is 36.7. The lowest BCUT2D eigenvalue weighted by Gasteiger charge is -2.19. The summed E-state index contributed by atoms with van der Waals surface area (Å²) in [7, 11) is 0. The maximum absolute atomic E-state index is 14.5. The number of amidine groups is 2. The molecule has 1 aliphatic heterocycles. The summed E-state index contributed by atoms with van der Waals surface area (Å²) in [6.45, 7) is 7.35. The molecular weight excluding hydrogens is 760 g/mol. The Morgan fingerprint density at radius 1 is 0.700 bits per heavy atom. The lowest BCUT2D eigenvalue weighted by Crippen LogP contribution is -2.28. The van der Waals surface area contributed by atoms with Crippen LogP contribution >= 0.6 is 0 Å². The van der Waals surface area contributed by atoms with E-state index in [0.29, 0.717) is 69.5 Å². The zero-order valence-corrected chi connectivity index (χ0v) is 32.9. The van der Waals surface area contributed by atoms with Crippen LogP contribution in [0.25, 0.3) is 78.5 Å². The minimum absolute atomic E-state index is 0.333. The number of aliphatic imine (C=N–C) groups is 2. The number of para-hydroxylation sites is 1. The number of alkyl halides is 3. The summed E-state index contributed by atoms with van der Waals surface area (Å²) in [5.41, 5.74) is 5.70. The van der Waals surface area contributed by atoms with Gasteiger partial charge in [0.2, 0.25) is 0 Å². The van der Waals surface area contributed by atoms with Crippen molar-refractivity contribution in [2.24, 2.45) is 9.98 Å². The van der Waals surface area contributed by atoms with Crippen LogP contribution in [0.4, 0.5) is 13.2 Å². The number of aromatic nitrogens is 5. The van der Waals surface area contributed by atoms with E-state index in [9.17, 15) is 18.4 Å². The average Bonchev–Trinajstić information content (AvgIpc) is 3.74. The summed E-state index contributed by atoms with van der Waals surface area (Å²) < 4.78 is 47.5. The Hall–Kier alpha value is -7.65. The number of aryl methyl sites for hydroxylation is 2. The Morgan fingerprint density at radius 3 is 2.25 bits per heavy atom. The molecular formula is C48H34F3N9. The molecule has 2 aliphatic rings. The van der Waals surface area contributed by atoms with Crippen LogP contribution < -0.4 is 15.9 Å². The summed E-state index contributed by atoms with van der Waals surface area (Å²) in [6, 6.07) is 31.5. The fourth-order valence-corrected chi connectivity index (χ4v) is 8.55. The molecule has 3 aromatic heterocycles. The van der Waals surface area contributed by atoms with Crippen molar-refractivity contribution < 1.29 is 13.2 Å². The van der Waals surface area contributed by atoms with Gasteiger partial charge in [0.05, 0.1) is 44.4 Å². The second-order valence-electron chi connectivity index (χ2n) is 15.0. The highest BCUT2D eigenvalue weighted by atomic mass is 19.4. The number of nitriles is 1. The number of halogens is 3. The lowest BCUT2D eigenvalue weighted by atomic mass is 9.97. The van der Waals surface area contributed by atoms with Crippen molar-refractivity contribution in [2.45, 2.75) is 40.3 Å². The number of nitrogens with zero attached hydrogens (tertiary/aromatic N) is 8. The Bertz CT molecular complexity index is 3410. The van der Waals surface area contributed by atoms with Gasteiger partial charge in [0.15, 0.2) is 5.82 Å². The molecule has 9 nitrogen and oxygen atoms in total. The highest BCUT2D eigenvalue weighted by molar-refractivity contribution is 6.11. The third kappa shape index (κ3) is 6.05. The molecule has 0 unspecified atom stereocenters. The van der Waals surface area contributed by atoms with Crippen LogP contribution in [-0.2, 0) is 12.6 Å². The van der Waals surface area contributed by atoms with Crippen molar-refractivity contribution in [2.75, 3.05) is 0 Å². The minimum Gasteiger partial charge on any atom is -0.328 e. The van der Waals surface area contributed by atoms with E-state index in [-0.39, 0.29) is 0 Å². The molecule has 0 saturated heterocycles. The molecule has 0 spiro atoms. The Kier molecular flexibility index (Phi) is 8.40. The highest BCUT2D eigenvalue weighted by Crippen LogP contribution is 2.41. The standard InChI is InChI=1S/C48H34F3N9/c1-26-53-27(2)56-46(55-26)31-16-18-37-35-12-5-7-14-40(35)59(43(37)21-31)42-24-39(30-10-9-11-34(20-30)48(49,50)51)45(23-33(42)25-52)60-41-15-8-6-13-36(41)38-19-17-32(22-44(38)60)47-57-28(3)54-29(4)58-47/h5-11,13-24H,12H2,1-4H3,(H,53,55,56). The van der Waals surface area contributed by atoms with Gasteiger partial charge in [0.25, 0.3) is 0 Å². The molecule has 0 radical (unpaired) electrons. The molecule has 4 heterocycles. The molecule has 0 amide bonds. The third-order valence-electron chi connectivity index (χ3n) is 11.0. The van der Waals surface area contributed by atoms with Crippen molar-refractivity contribution in [3.63, 3.8) is 0 Å². The molecule has 12 heteroatoms. The van der Waals surface area contributed by atoms with Gasteiger partial charge in [-0.1, -0.05) is 66.7 Å². The van der Waals surface area contributed by atoms with Gasteiger partial charge in [-0.25, -0.2) is 24.9 Å². The average molecular weight is 794 g/mol. The van der Waals surface area contributed by atoms with E-state index in [1.165, 1.54) is 12.1 Å². The predicted molar refractivity (Wildman–Crippen MR) is 230 cm³/mol. The van der Waals surface area contributed by atoms with Crippen molar-refractivity contribution in [1.29, 1.82) is 5.26 Å². The van der Waals surface area contributed by atoms with Crippen molar-refractivity contribution in [3.05, 3.63) is 148 Å². The number of allylic oxidation sites excluding steroid dienone is 2. The highest BCUT2D eigenvalue weighted by Gasteiger charge is 2.31. The van der Waals surface area contributed by atoms with Crippen LogP contribution in [0.3, 0.4) is 0 Å². The van der Waals surface area contributed by atoms with Crippen LogP contribution in [0, 0.1) is 25.2 Å². The SMILES string of the molecule is CC1=NC(=c2ccc3c4c(n(-c5cc(-c6cccc(C(F)(F)F)c6)c(-n6c7ccccc7c7ccc(-c8nc(C)nc(C)n8)cc76)cc5C#N)c3c2)=CC=CC4)NC(C)=N1. The van der Waals surface area contributed by atoms with Crippen LogP contribution in [0.5, 0.6) is 0 Å². The monoisotopic (exact) mass is 793 g/mol. The second kappa shape index (κ2) is 13.7. The van der Waals surface area contributed by atoms with Crippen molar-refractivity contribution >= 4 is 56.3 Å². The Balaban J connectivity index is 1.32. The van der Waals surface area contributed by atoms with Crippen LogP contribution in [-0.4, -0.2) is 35.8 Å². The molecule has 5 aromatic carbocycles. The van der Waals surface area contributed by atoms with Gasteiger partial charge in [-0.3, -0.25) is 0 Å². The molecule has 0 bridgehead atoms. The summed E-state index contributed by atoms with van der Waals surface area (Å²) >= 11 is 0. The van der Waals surface area contributed by atoms with E-state index in [0.717, 1.165) is 60.5 Å². The molecule has 1 aliphatic carbocycles. The molecule has 292 valence electrons. The smallest absolute Gasteiger partial charge is 0.328 e. The van der Waals surface area contributed by atoms with Gasteiger partial charge in [0.1, 0.15) is 35.2 Å².